The number of rotatable bonds is 9. The first-order chi connectivity index (χ1) is 18.5. The Bertz CT molecular complexity index is 1400. The number of piperazine rings is 1. The number of hydrogen-bond acceptors (Lipinski definition) is 8. The van der Waals surface area contributed by atoms with Crippen molar-refractivity contribution in [2.75, 3.05) is 57.4 Å². The number of benzene rings is 3. The number of nitrogen functional groups attached to an aromatic ring is 1. The first-order valence-corrected chi connectivity index (χ1v) is 13.2. The third kappa shape index (κ3) is 6.15. The maximum atomic E-state index is 6.14. The highest BCUT2D eigenvalue weighted by Gasteiger charge is 2.14. The van der Waals surface area contributed by atoms with Crippen molar-refractivity contribution in [3.63, 3.8) is 0 Å². The second kappa shape index (κ2) is 11.7. The Hall–Kier alpha value is -3.88. The summed E-state index contributed by atoms with van der Waals surface area (Å²) in [6, 6.07) is 17.8. The normalized spacial score (nSPS) is 14.5. The van der Waals surface area contributed by atoms with Gasteiger partial charge in [-0.15, -0.1) is 0 Å². The molecule has 2 heterocycles. The molecule has 1 fully saturated rings. The van der Waals surface area contributed by atoms with E-state index in [-0.39, 0.29) is 0 Å². The van der Waals surface area contributed by atoms with Gasteiger partial charge in [0.25, 0.3) is 0 Å². The largest absolute Gasteiger partial charge is 0.492 e. The smallest absolute Gasteiger partial charge is 0.141 e. The number of anilines is 3. The molecule has 3 aromatic carbocycles. The van der Waals surface area contributed by atoms with Crippen LogP contribution in [0.25, 0.3) is 10.9 Å². The number of hydrogen-bond donors (Lipinski definition) is 2. The van der Waals surface area contributed by atoms with Crippen LogP contribution in [-0.2, 0) is 6.42 Å². The van der Waals surface area contributed by atoms with E-state index < -0.39 is 0 Å². The van der Waals surface area contributed by atoms with Gasteiger partial charge >= 0.3 is 0 Å². The summed E-state index contributed by atoms with van der Waals surface area (Å²) in [6.45, 7) is 10.1. The van der Waals surface area contributed by atoms with Crippen LogP contribution in [0.3, 0.4) is 0 Å². The topological polar surface area (TPSA) is 88.8 Å². The van der Waals surface area contributed by atoms with Gasteiger partial charge in [0, 0.05) is 55.6 Å². The maximum absolute atomic E-state index is 6.14. The molecule has 8 heteroatoms. The fraction of sp³-hybridized carbons (Fsp3) is 0.333. The minimum absolute atomic E-state index is 0.652. The minimum atomic E-state index is 0.652. The van der Waals surface area contributed by atoms with Crippen LogP contribution in [0.2, 0.25) is 0 Å². The van der Waals surface area contributed by atoms with Gasteiger partial charge in [-0.25, -0.2) is 9.97 Å². The second-order valence-corrected chi connectivity index (χ2v) is 9.82. The molecule has 198 valence electrons. The number of ether oxygens (including phenoxy) is 2. The average molecular weight is 513 g/mol. The predicted octanol–water partition coefficient (Wildman–Crippen LogP) is 5.24. The number of aromatic nitrogens is 2. The number of likely N-dealkylation sites (N-methyl/N-ethyl adjacent to an activating group) is 1. The molecule has 3 N–H and O–H groups in total. The van der Waals surface area contributed by atoms with Crippen LogP contribution in [-0.4, -0.2) is 66.1 Å². The summed E-state index contributed by atoms with van der Waals surface area (Å²) in [7, 11) is 2.17. The monoisotopic (exact) mass is 512 g/mol. The van der Waals surface area contributed by atoms with Crippen LogP contribution in [0.1, 0.15) is 18.1 Å². The number of nitrogens with two attached hydrogens (primary N) is 1. The average Bonchev–Trinajstić information content (AvgIpc) is 2.92. The van der Waals surface area contributed by atoms with E-state index >= 15 is 0 Å². The summed E-state index contributed by atoms with van der Waals surface area (Å²) < 4.78 is 12.2. The zero-order chi connectivity index (χ0) is 26.5. The highest BCUT2D eigenvalue weighted by Crippen LogP contribution is 2.32. The molecule has 1 aliphatic rings. The quantitative estimate of drug-likeness (QED) is 0.294. The van der Waals surface area contributed by atoms with E-state index in [0.717, 1.165) is 95.6 Å². The van der Waals surface area contributed by atoms with Crippen molar-refractivity contribution in [2.24, 2.45) is 0 Å². The summed E-state index contributed by atoms with van der Waals surface area (Å²) in [5, 5.41) is 4.36. The maximum Gasteiger partial charge on any atom is 0.141 e. The van der Waals surface area contributed by atoms with Crippen molar-refractivity contribution >= 4 is 28.1 Å². The van der Waals surface area contributed by atoms with Gasteiger partial charge in [-0.3, -0.25) is 4.90 Å². The van der Waals surface area contributed by atoms with Crippen molar-refractivity contribution in [3.8, 4) is 17.2 Å². The molecule has 1 aromatic heterocycles. The van der Waals surface area contributed by atoms with Crippen LogP contribution in [0, 0.1) is 6.92 Å². The standard InChI is InChI=1S/C30H36N6O2/c1-4-22-5-7-25(19-27(22)31)38-29-10-6-23(17-21(29)2)34-30-26-18-24(8-9-28(26)32-20-33-30)37-16-15-36-13-11-35(3)12-14-36/h5-10,17-20H,4,11-16,31H2,1-3H3,(H,32,33,34). The van der Waals surface area contributed by atoms with Crippen LogP contribution in [0.5, 0.6) is 17.2 Å². The van der Waals surface area contributed by atoms with E-state index in [1.54, 1.807) is 6.33 Å². The molecule has 0 aliphatic carbocycles. The first kappa shape index (κ1) is 25.8. The Balaban J connectivity index is 1.26. The fourth-order valence-electron chi connectivity index (χ4n) is 4.65. The van der Waals surface area contributed by atoms with Crippen molar-refractivity contribution in [3.05, 3.63) is 72.1 Å². The third-order valence-corrected chi connectivity index (χ3v) is 7.04. The minimum Gasteiger partial charge on any atom is -0.492 e. The van der Waals surface area contributed by atoms with Gasteiger partial charge in [-0.05, 0) is 74.0 Å². The number of fused-ring (bicyclic) bond motifs is 1. The molecule has 4 aromatic rings. The van der Waals surface area contributed by atoms with E-state index in [9.17, 15) is 0 Å². The molecule has 0 amide bonds. The lowest BCUT2D eigenvalue weighted by atomic mass is 10.1. The van der Waals surface area contributed by atoms with Crippen molar-refractivity contribution in [1.82, 2.24) is 19.8 Å². The van der Waals surface area contributed by atoms with Gasteiger partial charge in [-0.1, -0.05) is 13.0 Å². The van der Waals surface area contributed by atoms with E-state index in [1.807, 2.05) is 61.5 Å². The summed E-state index contributed by atoms with van der Waals surface area (Å²) in [5.41, 5.74) is 10.8. The Morgan fingerprint density at radius 3 is 2.53 bits per heavy atom. The van der Waals surface area contributed by atoms with Gasteiger partial charge in [0.05, 0.1) is 5.52 Å². The highest BCUT2D eigenvalue weighted by atomic mass is 16.5. The SMILES string of the molecule is CCc1ccc(Oc2ccc(Nc3ncnc4ccc(OCCN5CCN(C)CC5)cc34)cc2C)cc1N. The van der Waals surface area contributed by atoms with Gasteiger partial charge in [0.15, 0.2) is 0 Å². The molecule has 0 bridgehead atoms. The van der Waals surface area contributed by atoms with Gasteiger partial charge < -0.3 is 25.4 Å². The van der Waals surface area contributed by atoms with Crippen LogP contribution >= 0.6 is 0 Å². The van der Waals surface area contributed by atoms with Crippen LogP contribution in [0.15, 0.2) is 60.9 Å². The fourth-order valence-corrected chi connectivity index (χ4v) is 4.65. The van der Waals surface area contributed by atoms with Crippen molar-refractivity contribution in [1.29, 1.82) is 0 Å². The first-order valence-electron chi connectivity index (χ1n) is 13.2. The molecule has 0 atom stereocenters. The van der Waals surface area contributed by atoms with Gasteiger partial charge in [0.1, 0.15) is 36.0 Å². The third-order valence-electron chi connectivity index (χ3n) is 7.04. The number of aryl methyl sites for hydroxylation is 2. The summed E-state index contributed by atoms with van der Waals surface area (Å²) in [6.07, 6.45) is 2.47. The van der Waals surface area contributed by atoms with E-state index in [4.69, 9.17) is 15.2 Å². The molecule has 0 saturated carbocycles. The molecular weight excluding hydrogens is 476 g/mol. The Kier molecular flexibility index (Phi) is 7.91. The van der Waals surface area contributed by atoms with E-state index in [0.29, 0.717) is 6.61 Å². The molecule has 0 radical (unpaired) electrons. The van der Waals surface area contributed by atoms with E-state index in [1.165, 1.54) is 0 Å². The van der Waals surface area contributed by atoms with Crippen molar-refractivity contribution in [2.45, 2.75) is 20.3 Å². The predicted molar refractivity (Wildman–Crippen MR) is 154 cm³/mol. The van der Waals surface area contributed by atoms with Crippen LogP contribution < -0.4 is 20.5 Å². The van der Waals surface area contributed by atoms with Crippen LogP contribution in [0.4, 0.5) is 17.2 Å². The molecule has 1 aliphatic heterocycles. The molecule has 8 nitrogen and oxygen atoms in total. The van der Waals surface area contributed by atoms with E-state index in [2.05, 4.69) is 39.1 Å². The highest BCUT2D eigenvalue weighted by molar-refractivity contribution is 5.91. The second-order valence-electron chi connectivity index (χ2n) is 9.82. The lowest BCUT2D eigenvalue weighted by molar-refractivity contribution is 0.134. The molecule has 5 rings (SSSR count). The lowest BCUT2D eigenvalue weighted by Gasteiger charge is -2.32. The van der Waals surface area contributed by atoms with Gasteiger partial charge in [0.2, 0.25) is 0 Å². The summed E-state index contributed by atoms with van der Waals surface area (Å²) >= 11 is 0. The Morgan fingerprint density at radius 1 is 0.947 bits per heavy atom. The van der Waals surface area contributed by atoms with Gasteiger partial charge in [-0.2, -0.15) is 0 Å². The zero-order valence-corrected chi connectivity index (χ0v) is 22.4. The molecule has 0 spiro atoms. The molecule has 38 heavy (non-hydrogen) atoms. The Morgan fingerprint density at radius 2 is 1.76 bits per heavy atom. The zero-order valence-electron chi connectivity index (χ0n) is 22.4. The molecular formula is C30H36N6O2. The lowest BCUT2D eigenvalue weighted by Crippen LogP contribution is -2.45. The number of nitrogens with one attached hydrogen (secondary N) is 1. The number of nitrogens with zero attached hydrogens (tertiary/aromatic N) is 4. The molecule has 0 unspecified atom stereocenters. The summed E-state index contributed by atoms with van der Waals surface area (Å²) in [5.74, 6) is 3.06. The molecule has 1 saturated heterocycles. The Labute approximate surface area is 224 Å². The summed E-state index contributed by atoms with van der Waals surface area (Å²) in [4.78, 5) is 13.8. The van der Waals surface area contributed by atoms with Crippen molar-refractivity contribution < 1.29 is 9.47 Å².